The molecule has 4 nitrogen and oxygen atoms in total. The van der Waals surface area contributed by atoms with Gasteiger partial charge in [-0.15, -0.1) is 11.3 Å². The Hall–Kier alpha value is -1.43. The minimum Gasteiger partial charge on any atom is -0.340 e. The van der Waals surface area contributed by atoms with Gasteiger partial charge in [-0.2, -0.15) is 0 Å². The highest BCUT2D eigenvalue weighted by Gasteiger charge is 2.21. The predicted octanol–water partition coefficient (Wildman–Crippen LogP) is 3.17. The Morgan fingerprint density at radius 1 is 1.26 bits per heavy atom. The maximum atomic E-state index is 12.4. The number of hydrogen-bond acceptors (Lipinski definition) is 4. The Labute approximate surface area is 145 Å². The predicted molar refractivity (Wildman–Crippen MR) is 95.0 cm³/mol. The second-order valence-electron chi connectivity index (χ2n) is 5.62. The van der Waals surface area contributed by atoms with Gasteiger partial charge in [-0.05, 0) is 12.6 Å². The number of likely N-dealkylation sites (N-methyl/N-ethyl adjacent to an activating group) is 1. The van der Waals surface area contributed by atoms with Gasteiger partial charge in [-0.3, -0.25) is 4.79 Å². The Balaban J connectivity index is 1.63. The molecule has 0 spiro atoms. The van der Waals surface area contributed by atoms with Crippen LogP contribution in [0.15, 0.2) is 29.6 Å². The fourth-order valence-electron chi connectivity index (χ4n) is 2.73. The molecule has 3 rings (SSSR count). The standard InChI is InChI=1S/C17H20ClN3OS/c1-2-20-7-9-21(10-8-20)16(22)11-13-12-23-17(19-13)14-5-3-4-6-15(14)18/h3-6,12H,2,7-11H2,1H3. The molecule has 0 aliphatic carbocycles. The second-order valence-corrected chi connectivity index (χ2v) is 6.88. The molecule has 1 saturated heterocycles. The van der Waals surface area contributed by atoms with Crippen LogP contribution in [0.1, 0.15) is 12.6 Å². The monoisotopic (exact) mass is 349 g/mol. The normalized spacial score (nSPS) is 15.8. The molecule has 122 valence electrons. The van der Waals surface area contributed by atoms with Gasteiger partial charge in [0.1, 0.15) is 5.01 Å². The fourth-order valence-corrected chi connectivity index (χ4v) is 3.87. The first kappa shape index (κ1) is 16.4. The summed E-state index contributed by atoms with van der Waals surface area (Å²) >= 11 is 7.74. The molecule has 0 radical (unpaired) electrons. The Bertz CT molecular complexity index is 680. The summed E-state index contributed by atoms with van der Waals surface area (Å²) in [4.78, 5) is 21.3. The lowest BCUT2D eigenvalue weighted by Crippen LogP contribution is -2.48. The third kappa shape index (κ3) is 3.91. The van der Waals surface area contributed by atoms with Crippen LogP contribution in [-0.4, -0.2) is 53.4 Å². The molecular formula is C17H20ClN3OS. The average molecular weight is 350 g/mol. The van der Waals surface area contributed by atoms with Crippen molar-refractivity contribution in [3.8, 4) is 10.6 Å². The third-order valence-corrected chi connectivity index (χ3v) is 5.41. The van der Waals surface area contributed by atoms with Crippen molar-refractivity contribution in [3.05, 3.63) is 40.4 Å². The highest BCUT2D eigenvalue weighted by atomic mass is 35.5. The summed E-state index contributed by atoms with van der Waals surface area (Å²) in [6.45, 7) is 6.76. The van der Waals surface area contributed by atoms with E-state index in [4.69, 9.17) is 11.6 Å². The van der Waals surface area contributed by atoms with Crippen molar-refractivity contribution in [2.75, 3.05) is 32.7 Å². The maximum absolute atomic E-state index is 12.4. The van der Waals surface area contributed by atoms with Gasteiger partial charge in [0.2, 0.25) is 5.91 Å². The van der Waals surface area contributed by atoms with Crippen molar-refractivity contribution in [2.45, 2.75) is 13.3 Å². The zero-order chi connectivity index (χ0) is 16.2. The zero-order valence-electron chi connectivity index (χ0n) is 13.2. The summed E-state index contributed by atoms with van der Waals surface area (Å²) in [7, 11) is 0. The van der Waals surface area contributed by atoms with Crippen molar-refractivity contribution in [1.29, 1.82) is 0 Å². The number of carbonyl (C=O) groups excluding carboxylic acids is 1. The van der Waals surface area contributed by atoms with Gasteiger partial charge in [-0.1, -0.05) is 36.7 Å². The number of nitrogens with zero attached hydrogens (tertiary/aromatic N) is 3. The molecule has 1 amide bonds. The number of benzene rings is 1. The molecule has 1 aliphatic heterocycles. The summed E-state index contributed by atoms with van der Waals surface area (Å²) in [6.07, 6.45) is 0.368. The van der Waals surface area contributed by atoms with E-state index >= 15 is 0 Å². The highest BCUT2D eigenvalue weighted by Crippen LogP contribution is 2.30. The van der Waals surface area contributed by atoms with Crippen LogP contribution in [0.2, 0.25) is 5.02 Å². The zero-order valence-corrected chi connectivity index (χ0v) is 14.7. The van der Waals surface area contributed by atoms with Gasteiger partial charge >= 0.3 is 0 Å². The molecule has 0 N–H and O–H groups in total. The van der Waals surface area contributed by atoms with Gasteiger partial charge in [-0.25, -0.2) is 4.98 Å². The van der Waals surface area contributed by atoms with Crippen LogP contribution in [-0.2, 0) is 11.2 Å². The lowest BCUT2D eigenvalue weighted by Gasteiger charge is -2.34. The molecule has 0 unspecified atom stereocenters. The highest BCUT2D eigenvalue weighted by molar-refractivity contribution is 7.13. The third-order valence-electron chi connectivity index (χ3n) is 4.16. The van der Waals surface area contributed by atoms with Crippen molar-refractivity contribution in [3.63, 3.8) is 0 Å². The molecule has 1 fully saturated rings. The Morgan fingerprint density at radius 3 is 2.70 bits per heavy atom. The number of thiazole rings is 1. The quantitative estimate of drug-likeness (QED) is 0.850. The van der Waals surface area contributed by atoms with Crippen molar-refractivity contribution < 1.29 is 4.79 Å². The molecule has 0 bridgehead atoms. The van der Waals surface area contributed by atoms with Crippen LogP contribution in [0, 0.1) is 0 Å². The van der Waals surface area contributed by atoms with Crippen molar-refractivity contribution in [1.82, 2.24) is 14.8 Å². The van der Waals surface area contributed by atoms with Crippen LogP contribution in [0.5, 0.6) is 0 Å². The number of carbonyl (C=O) groups is 1. The van der Waals surface area contributed by atoms with E-state index in [1.165, 1.54) is 11.3 Å². The van der Waals surface area contributed by atoms with E-state index in [-0.39, 0.29) is 5.91 Å². The summed E-state index contributed by atoms with van der Waals surface area (Å²) in [5.41, 5.74) is 1.75. The van der Waals surface area contributed by atoms with Gasteiger partial charge in [0.15, 0.2) is 0 Å². The van der Waals surface area contributed by atoms with E-state index in [1.807, 2.05) is 34.5 Å². The topological polar surface area (TPSA) is 36.4 Å². The van der Waals surface area contributed by atoms with E-state index in [0.717, 1.165) is 49.0 Å². The molecule has 1 aromatic heterocycles. The molecule has 1 aromatic carbocycles. The number of aromatic nitrogens is 1. The number of hydrogen-bond donors (Lipinski definition) is 0. The van der Waals surface area contributed by atoms with E-state index in [9.17, 15) is 4.79 Å². The maximum Gasteiger partial charge on any atom is 0.228 e. The van der Waals surface area contributed by atoms with Crippen LogP contribution in [0.25, 0.3) is 10.6 Å². The smallest absolute Gasteiger partial charge is 0.228 e. The van der Waals surface area contributed by atoms with E-state index in [0.29, 0.717) is 11.4 Å². The number of amides is 1. The van der Waals surface area contributed by atoms with Crippen molar-refractivity contribution in [2.24, 2.45) is 0 Å². The van der Waals surface area contributed by atoms with Gasteiger partial charge in [0, 0.05) is 37.1 Å². The van der Waals surface area contributed by atoms with E-state index in [1.54, 1.807) is 0 Å². The SMILES string of the molecule is CCN1CCN(C(=O)Cc2csc(-c3ccccc3Cl)n2)CC1. The summed E-state index contributed by atoms with van der Waals surface area (Å²) in [5, 5.41) is 3.52. The van der Waals surface area contributed by atoms with E-state index < -0.39 is 0 Å². The lowest BCUT2D eigenvalue weighted by atomic mass is 10.2. The minimum atomic E-state index is 0.164. The summed E-state index contributed by atoms with van der Waals surface area (Å²) in [5.74, 6) is 0.164. The minimum absolute atomic E-state index is 0.164. The summed E-state index contributed by atoms with van der Waals surface area (Å²) in [6, 6.07) is 7.66. The van der Waals surface area contributed by atoms with Crippen LogP contribution in [0.4, 0.5) is 0 Å². The molecule has 0 atom stereocenters. The molecule has 1 aliphatic rings. The first-order chi connectivity index (χ1) is 11.2. The average Bonchev–Trinajstić information content (AvgIpc) is 3.03. The molecule has 23 heavy (non-hydrogen) atoms. The molecule has 6 heteroatoms. The first-order valence-corrected chi connectivity index (χ1v) is 9.12. The molecule has 2 heterocycles. The van der Waals surface area contributed by atoms with Gasteiger partial charge in [0.25, 0.3) is 0 Å². The Morgan fingerprint density at radius 2 is 2.00 bits per heavy atom. The Kier molecular flexibility index (Phi) is 5.30. The number of halogens is 1. The van der Waals surface area contributed by atoms with Gasteiger partial charge < -0.3 is 9.80 Å². The molecule has 0 saturated carbocycles. The summed E-state index contributed by atoms with van der Waals surface area (Å²) < 4.78 is 0. The van der Waals surface area contributed by atoms with E-state index in [2.05, 4.69) is 16.8 Å². The van der Waals surface area contributed by atoms with Crippen LogP contribution in [0.3, 0.4) is 0 Å². The molecule has 2 aromatic rings. The van der Waals surface area contributed by atoms with Crippen molar-refractivity contribution >= 4 is 28.8 Å². The largest absolute Gasteiger partial charge is 0.340 e. The molecular weight excluding hydrogens is 330 g/mol. The van der Waals surface area contributed by atoms with Gasteiger partial charge in [0.05, 0.1) is 17.1 Å². The number of piperazine rings is 1. The second kappa shape index (κ2) is 7.43. The number of rotatable bonds is 4. The van der Waals surface area contributed by atoms with Crippen LogP contribution >= 0.6 is 22.9 Å². The van der Waals surface area contributed by atoms with Crippen LogP contribution < -0.4 is 0 Å². The fraction of sp³-hybridized carbons (Fsp3) is 0.412. The lowest BCUT2D eigenvalue weighted by molar-refractivity contribution is -0.132. The first-order valence-electron chi connectivity index (χ1n) is 7.87.